The molecular formula is C85H166O17P2. The Balaban J connectivity index is 5.09. The van der Waals surface area contributed by atoms with Crippen molar-refractivity contribution >= 4 is 39.5 Å². The van der Waals surface area contributed by atoms with Gasteiger partial charge < -0.3 is 33.8 Å². The van der Waals surface area contributed by atoms with Gasteiger partial charge in [-0.2, -0.15) is 0 Å². The summed E-state index contributed by atoms with van der Waals surface area (Å²) in [5, 5.41) is 10.6. The number of hydrogen-bond donors (Lipinski definition) is 3. The largest absolute Gasteiger partial charge is 0.472 e. The SMILES string of the molecule is CCCCCCCCCCCCCCCCCCCCCCCCC(=O)OC[C@H](COP(=O)(O)OC[C@@H](O)COP(=O)(O)OC[C@@H](COC(=O)CCCCCCC)OC(=O)CCCCCCCCCCCCCCCCC)OC(=O)CCCCCCCCCCCCCCCCCCCCCCCC. The smallest absolute Gasteiger partial charge is 0.462 e. The molecular weight excluding hydrogens is 1350 g/mol. The predicted octanol–water partition coefficient (Wildman–Crippen LogP) is 26.1. The number of carbonyl (C=O) groups is 4. The van der Waals surface area contributed by atoms with Crippen LogP contribution in [0.2, 0.25) is 0 Å². The van der Waals surface area contributed by atoms with Crippen LogP contribution in [0.5, 0.6) is 0 Å². The number of hydrogen-bond acceptors (Lipinski definition) is 15. The van der Waals surface area contributed by atoms with Crippen molar-refractivity contribution in [3.05, 3.63) is 0 Å². The first-order chi connectivity index (χ1) is 50.7. The lowest BCUT2D eigenvalue weighted by Gasteiger charge is -2.21. The molecule has 0 heterocycles. The summed E-state index contributed by atoms with van der Waals surface area (Å²) in [6.07, 6.45) is 74.3. The molecule has 0 rings (SSSR count). The van der Waals surface area contributed by atoms with E-state index in [-0.39, 0.29) is 25.7 Å². The number of esters is 4. The summed E-state index contributed by atoms with van der Waals surface area (Å²) in [6.45, 7) is 4.95. The second-order valence-electron chi connectivity index (χ2n) is 30.6. The summed E-state index contributed by atoms with van der Waals surface area (Å²) >= 11 is 0. The van der Waals surface area contributed by atoms with Crippen LogP contribution in [0.3, 0.4) is 0 Å². The van der Waals surface area contributed by atoms with Crippen LogP contribution < -0.4 is 0 Å². The summed E-state index contributed by atoms with van der Waals surface area (Å²) in [5.74, 6) is -2.11. The van der Waals surface area contributed by atoms with Crippen molar-refractivity contribution in [1.82, 2.24) is 0 Å². The molecule has 0 bridgehead atoms. The molecule has 0 amide bonds. The van der Waals surface area contributed by atoms with E-state index in [1.54, 1.807) is 0 Å². The fourth-order valence-electron chi connectivity index (χ4n) is 13.3. The molecule has 0 aromatic heterocycles. The molecule has 104 heavy (non-hydrogen) atoms. The lowest BCUT2D eigenvalue weighted by molar-refractivity contribution is -0.161. The van der Waals surface area contributed by atoms with Crippen LogP contribution in [0.15, 0.2) is 0 Å². The molecule has 0 saturated heterocycles. The molecule has 0 spiro atoms. The first-order valence-corrected chi connectivity index (χ1v) is 47.3. The Bertz CT molecular complexity index is 1960. The summed E-state index contributed by atoms with van der Waals surface area (Å²) in [4.78, 5) is 72.8. The summed E-state index contributed by atoms with van der Waals surface area (Å²) in [5.41, 5.74) is 0. The standard InChI is InChI=1S/C85H166O17P2/c1-5-9-13-17-20-23-26-29-32-34-36-38-40-42-44-47-49-52-55-58-62-66-70-83(88)96-76-81(102-85(90)72-68-64-60-57-54-51-48-45-43-41-39-37-35-33-30-27-24-21-18-14-10-6-2)78-100-104(93,94)98-74-79(86)73-97-103(91,92)99-77-80(75-95-82(87)69-65-61-16-12-8-4)101-84(89)71-67-63-59-56-53-50-46-31-28-25-22-19-15-11-7-3/h79-81,86H,5-78H2,1-4H3,(H,91,92)(H,93,94)/t79-,80+,81+/m0/s1. The number of carbonyl (C=O) groups excluding carboxylic acids is 4. The highest BCUT2D eigenvalue weighted by Crippen LogP contribution is 2.45. The van der Waals surface area contributed by atoms with Gasteiger partial charge in [0.15, 0.2) is 12.2 Å². The van der Waals surface area contributed by atoms with Crippen LogP contribution in [0, 0.1) is 0 Å². The minimum absolute atomic E-state index is 0.108. The van der Waals surface area contributed by atoms with E-state index in [2.05, 4.69) is 27.7 Å². The number of aliphatic hydroxyl groups is 1. The number of rotatable bonds is 86. The van der Waals surface area contributed by atoms with Crippen molar-refractivity contribution in [2.45, 2.75) is 483 Å². The topological polar surface area (TPSA) is 237 Å². The number of unbranched alkanes of at least 4 members (excludes halogenated alkanes) is 60. The third-order valence-electron chi connectivity index (χ3n) is 20.1. The molecule has 17 nitrogen and oxygen atoms in total. The average molecular weight is 1520 g/mol. The molecule has 0 aliphatic carbocycles. The fourth-order valence-corrected chi connectivity index (χ4v) is 14.9. The van der Waals surface area contributed by atoms with E-state index >= 15 is 0 Å². The van der Waals surface area contributed by atoms with Gasteiger partial charge in [0.25, 0.3) is 0 Å². The van der Waals surface area contributed by atoms with Crippen molar-refractivity contribution in [2.24, 2.45) is 0 Å². The van der Waals surface area contributed by atoms with Crippen molar-refractivity contribution in [2.75, 3.05) is 39.6 Å². The van der Waals surface area contributed by atoms with E-state index < -0.39 is 97.5 Å². The van der Waals surface area contributed by atoms with E-state index in [4.69, 9.17) is 37.0 Å². The molecule has 3 N–H and O–H groups in total. The molecule has 618 valence electrons. The van der Waals surface area contributed by atoms with Gasteiger partial charge >= 0.3 is 39.5 Å². The second kappa shape index (κ2) is 79.2. The van der Waals surface area contributed by atoms with Crippen molar-refractivity contribution in [1.29, 1.82) is 0 Å². The summed E-state index contributed by atoms with van der Waals surface area (Å²) in [7, 11) is -9.91. The van der Waals surface area contributed by atoms with Gasteiger partial charge in [-0.25, -0.2) is 9.13 Å². The average Bonchev–Trinajstić information content (AvgIpc) is 0.918. The zero-order chi connectivity index (χ0) is 76.0. The van der Waals surface area contributed by atoms with Crippen molar-refractivity contribution in [3.63, 3.8) is 0 Å². The van der Waals surface area contributed by atoms with E-state index in [1.807, 2.05) is 0 Å². The highest BCUT2D eigenvalue weighted by Gasteiger charge is 2.30. The minimum Gasteiger partial charge on any atom is -0.462 e. The highest BCUT2D eigenvalue weighted by molar-refractivity contribution is 7.47. The Morgan fingerprint density at radius 1 is 0.231 bits per heavy atom. The molecule has 0 fully saturated rings. The van der Waals surface area contributed by atoms with Crippen LogP contribution in [0.25, 0.3) is 0 Å². The van der Waals surface area contributed by atoms with Crippen LogP contribution in [0.1, 0.15) is 464 Å². The predicted molar refractivity (Wildman–Crippen MR) is 428 cm³/mol. The molecule has 0 radical (unpaired) electrons. The number of phosphoric ester groups is 2. The first-order valence-electron chi connectivity index (χ1n) is 44.3. The van der Waals surface area contributed by atoms with E-state index in [1.165, 1.54) is 289 Å². The van der Waals surface area contributed by atoms with Gasteiger partial charge in [0.05, 0.1) is 26.4 Å². The van der Waals surface area contributed by atoms with Gasteiger partial charge in [0.2, 0.25) is 0 Å². The van der Waals surface area contributed by atoms with E-state index in [0.29, 0.717) is 25.7 Å². The summed E-state index contributed by atoms with van der Waals surface area (Å²) < 4.78 is 68.6. The minimum atomic E-state index is -4.96. The maximum Gasteiger partial charge on any atom is 0.472 e. The fraction of sp³-hybridized carbons (Fsp3) is 0.953. The van der Waals surface area contributed by atoms with Gasteiger partial charge in [-0.1, -0.05) is 413 Å². The van der Waals surface area contributed by atoms with Gasteiger partial charge in [-0.3, -0.25) is 37.3 Å². The molecule has 2 unspecified atom stereocenters. The van der Waals surface area contributed by atoms with Gasteiger partial charge in [-0.15, -0.1) is 0 Å². The molecule has 19 heteroatoms. The first kappa shape index (κ1) is 102. The number of aliphatic hydroxyl groups excluding tert-OH is 1. The molecule has 0 aliphatic rings. The lowest BCUT2D eigenvalue weighted by Crippen LogP contribution is -2.30. The zero-order valence-electron chi connectivity index (χ0n) is 68.0. The van der Waals surface area contributed by atoms with Gasteiger partial charge in [0, 0.05) is 25.7 Å². The van der Waals surface area contributed by atoms with Crippen molar-refractivity contribution < 1.29 is 80.2 Å². The Morgan fingerprint density at radius 2 is 0.385 bits per heavy atom. The third kappa shape index (κ3) is 78.2. The molecule has 0 aromatic carbocycles. The number of ether oxygens (including phenoxy) is 4. The highest BCUT2D eigenvalue weighted by atomic mass is 31.2. The monoisotopic (exact) mass is 1520 g/mol. The quantitative estimate of drug-likeness (QED) is 0.0222. The molecule has 0 aromatic rings. The number of phosphoric acid groups is 2. The Kier molecular flexibility index (Phi) is 77.7. The molecule has 0 saturated carbocycles. The summed E-state index contributed by atoms with van der Waals surface area (Å²) in [6, 6.07) is 0. The second-order valence-corrected chi connectivity index (χ2v) is 33.5. The van der Waals surface area contributed by atoms with Crippen LogP contribution in [0.4, 0.5) is 0 Å². The third-order valence-corrected chi connectivity index (χ3v) is 22.0. The normalized spacial score (nSPS) is 13.7. The Morgan fingerprint density at radius 3 is 0.567 bits per heavy atom. The van der Waals surface area contributed by atoms with Crippen LogP contribution in [-0.2, 0) is 65.4 Å². The van der Waals surface area contributed by atoms with Gasteiger partial charge in [0.1, 0.15) is 19.3 Å². The van der Waals surface area contributed by atoms with Gasteiger partial charge in [-0.05, 0) is 25.7 Å². The lowest BCUT2D eigenvalue weighted by atomic mass is 10.0. The van der Waals surface area contributed by atoms with Crippen molar-refractivity contribution in [3.8, 4) is 0 Å². The zero-order valence-corrected chi connectivity index (χ0v) is 69.8. The maximum absolute atomic E-state index is 13.1. The Labute approximate surface area is 638 Å². The van der Waals surface area contributed by atoms with E-state index in [9.17, 15) is 43.2 Å². The van der Waals surface area contributed by atoms with Crippen LogP contribution in [-0.4, -0.2) is 96.7 Å². The Hall–Kier alpha value is -1.94. The molecule has 0 aliphatic heterocycles. The van der Waals surface area contributed by atoms with E-state index in [0.717, 1.165) is 96.3 Å². The van der Waals surface area contributed by atoms with Crippen LogP contribution >= 0.6 is 15.6 Å². The molecule has 5 atom stereocenters. The maximum atomic E-state index is 13.1.